The molecule has 4 nitrogen and oxygen atoms in total. The fourth-order valence-electron chi connectivity index (χ4n) is 2.39. The van der Waals surface area contributed by atoms with E-state index in [-0.39, 0.29) is 6.54 Å². The van der Waals surface area contributed by atoms with Crippen molar-refractivity contribution in [3.05, 3.63) is 24.0 Å². The lowest BCUT2D eigenvalue weighted by molar-refractivity contribution is -0.137. The van der Waals surface area contributed by atoms with Crippen LogP contribution < -0.4 is 0 Å². The van der Waals surface area contributed by atoms with Crippen LogP contribution in [0.25, 0.3) is 11.0 Å². The summed E-state index contributed by atoms with van der Waals surface area (Å²) in [6.45, 7) is 2.13. The minimum absolute atomic E-state index is 0.0448. The molecule has 108 valence electrons. The van der Waals surface area contributed by atoms with E-state index in [9.17, 15) is 4.79 Å². The monoisotopic (exact) mass is 292 g/mol. The van der Waals surface area contributed by atoms with Crippen LogP contribution in [0.15, 0.2) is 23.1 Å². The number of thiol groups is 1. The Bertz CT molecular complexity index is 607. The van der Waals surface area contributed by atoms with E-state index in [1.54, 1.807) is 4.57 Å². The van der Waals surface area contributed by atoms with Gasteiger partial charge in [0.2, 0.25) is 0 Å². The summed E-state index contributed by atoms with van der Waals surface area (Å²) in [6, 6.07) is 5.66. The van der Waals surface area contributed by atoms with Crippen LogP contribution in [-0.4, -0.2) is 20.6 Å². The number of carbonyl (C=O) groups is 1. The first-order valence-corrected chi connectivity index (χ1v) is 7.47. The number of nitrogens with zero attached hydrogens (tertiary/aromatic N) is 2. The molecule has 5 heteroatoms. The minimum atomic E-state index is -0.844. The summed E-state index contributed by atoms with van der Waals surface area (Å²) in [6.07, 6.45) is 5.40. The van der Waals surface area contributed by atoms with Crippen molar-refractivity contribution in [2.24, 2.45) is 0 Å². The van der Waals surface area contributed by atoms with Crippen molar-refractivity contribution >= 4 is 29.6 Å². The average Bonchev–Trinajstić information content (AvgIpc) is 2.74. The zero-order valence-corrected chi connectivity index (χ0v) is 12.6. The molecule has 20 heavy (non-hydrogen) atoms. The van der Waals surface area contributed by atoms with Gasteiger partial charge in [-0.15, -0.1) is 12.6 Å². The van der Waals surface area contributed by atoms with Gasteiger partial charge in [0.25, 0.3) is 0 Å². The largest absolute Gasteiger partial charge is 0.480 e. The van der Waals surface area contributed by atoms with Gasteiger partial charge in [-0.05, 0) is 18.6 Å². The van der Waals surface area contributed by atoms with Crippen molar-refractivity contribution in [2.75, 3.05) is 0 Å². The van der Waals surface area contributed by atoms with E-state index in [1.807, 2.05) is 18.2 Å². The molecule has 0 fully saturated rings. The van der Waals surface area contributed by atoms with E-state index in [0.29, 0.717) is 0 Å². The van der Waals surface area contributed by atoms with Crippen LogP contribution in [-0.2, 0) is 17.8 Å². The fraction of sp³-hybridized carbons (Fsp3) is 0.467. The smallest absolute Gasteiger partial charge is 0.323 e. The maximum Gasteiger partial charge on any atom is 0.323 e. The molecule has 0 spiro atoms. The molecule has 1 heterocycles. The number of aliphatic carboxylic acids is 1. The van der Waals surface area contributed by atoms with E-state index in [0.717, 1.165) is 41.0 Å². The number of unbranched alkanes of at least 4 members (excludes halogenated alkanes) is 3. The Labute approximate surface area is 124 Å². The fourth-order valence-corrected chi connectivity index (χ4v) is 2.64. The average molecular weight is 292 g/mol. The first-order chi connectivity index (χ1) is 9.63. The Balaban J connectivity index is 2.31. The molecular weight excluding hydrogens is 272 g/mol. The van der Waals surface area contributed by atoms with Gasteiger partial charge in [0, 0.05) is 11.3 Å². The van der Waals surface area contributed by atoms with Crippen molar-refractivity contribution < 1.29 is 9.90 Å². The molecule has 0 atom stereocenters. The summed E-state index contributed by atoms with van der Waals surface area (Å²) >= 11 is 4.40. The number of aryl methyl sites for hydroxylation is 1. The van der Waals surface area contributed by atoms with Crippen LogP contribution in [0.5, 0.6) is 0 Å². The zero-order valence-electron chi connectivity index (χ0n) is 11.7. The highest BCUT2D eigenvalue weighted by Crippen LogP contribution is 2.23. The second-order valence-corrected chi connectivity index (χ2v) is 5.45. The van der Waals surface area contributed by atoms with Crippen molar-refractivity contribution in [2.45, 2.75) is 50.5 Å². The van der Waals surface area contributed by atoms with Crippen molar-refractivity contribution in [1.29, 1.82) is 0 Å². The molecule has 1 N–H and O–H groups in total. The summed E-state index contributed by atoms with van der Waals surface area (Å²) in [5.74, 6) is 0.00341. The second-order valence-electron chi connectivity index (χ2n) is 4.96. The molecule has 1 aromatic carbocycles. The number of aromatic nitrogens is 2. The quantitative estimate of drug-likeness (QED) is 0.606. The number of benzene rings is 1. The summed E-state index contributed by atoms with van der Waals surface area (Å²) < 4.78 is 1.79. The van der Waals surface area contributed by atoms with Gasteiger partial charge in [0.05, 0.1) is 5.52 Å². The Kier molecular flexibility index (Phi) is 5.06. The highest BCUT2D eigenvalue weighted by Gasteiger charge is 2.14. The van der Waals surface area contributed by atoms with E-state index >= 15 is 0 Å². The van der Waals surface area contributed by atoms with Crippen LogP contribution in [0.1, 0.15) is 38.4 Å². The zero-order chi connectivity index (χ0) is 14.5. The summed E-state index contributed by atoms with van der Waals surface area (Å²) in [5.41, 5.74) is 1.65. The number of carboxylic acid groups (broad SMARTS) is 1. The third-order valence-electron chi connectivity index (χ3n) is 3.38. The van der Waals surface area contributed by atoms with E-state index in [1.165, 1.54) is 12.8 Å². The molecule has 2 aromatic rings. The van der Waals surface area contributed by atoms with E-state index < -0.39 is 5.97 Å². The summed E-state index contributed by atoms with van der Waals surface area (Å²) in [4.78, 5) is 16.4. The maximum absolute atomic E-state index is 11.1. The number of para-hydroxylation sites is 1. The maximum atomic E-state index is 11.1. The molecule has 1 aromatic heterocycles. The standard InChI is InChI=1S/C15H20N2O2S/c1-2-3-4-5-9-13-16-15-11(7-6-8-12(15)20)17(13)10-14(18)19/h6-8,20H,2-5,9-10H2,1H3,(H,18,19). The molecule has 0 aliphatic carbocycles. The van der Waals surface area contributed by atoms with Crippen LogP contribution in [0.3, 0.4) is 0 Å². The Morgan fingerprint density at radius 1 is 1.35 bits per heavy atom. The van der Waals surface area contributed by atoms with Gasteiger partial charge >= 0.3 is 5.97 Å². The summed E-state index contributed by atoms with van der Waals surface area (Å²) in [5, 5.41) is 9.08. The van der Waals surface area contributed by atoms with Gasteiger partial charge in [0.15, 0.2) is 0 Å². The van der Waals surface area contributed by atoms with Gasteiger partial charge < -0.3 is 9.67 Å². The lowest BCUT2D eigenvalue weighted by Crippen LogP contribution is -2.12. The number of carboxylic acids is 1. The molecule has 0 amide bonds. The Morgan fingerprint density at radius 2 is 2.15 bits per heavy atom. The number of fused-ring (bicyclic) bond motifs is 1. The lowest BCUT2D eigenvalue weighted by atomic mass is 10.1. The molecule has 0 saturated heterocycles. The number of rotatable bonds is 7. The topological polar surface area (TPSA) is 55.1 Å². The predicted molar refractivity (Wildman–Crippen MR) is 82.5 cm³/mol. The molecule has 0 aliphatic rings. The molecule has 0 radical (unpaired) electrons. The first-order valence-electron chi connectivity index (χ1n) is 7.02. The van der Waals surface area contributed by atoms with Crippen molar-refractivity contribution in [1.82, 2.24) is 9.55 Å². The van der Waals surface area contributed by atoms with Crippen LogP contribution in [0.2, 0.25) is 0 Å². The van der Waals surface area contributed by atoms with Crippen molar-refractivity contribution in [3.8, 4) is 0 Å². The molecule has 0 aliphatic heterocycles. The van der Waals surface area contributed by atoms with Gasteiger partial charge in [-0.1, -0.05) is 32.3 Å². The lowest BCUT2D eigenvalue weighted by Gasteiger charge is -2.06. The summed E-state index contributed by atoms with van der Waals surface area (Å²) in [7, 11) is 0. The van der Waals surface area contributed by atoms with E-state index in [2.05, 4.69) is 24.5 Å². The van der Waals surface area contributed by atoms with Gasteiger partial charge in [0.1, 0.15) is 17.9 Å². The van der Waals surface area contributed by atoms with E-state index in [4.69, 9.17) is 5.11 Å². The van der Waals surface area contributed by atoms with Crippen LogP contribution in [0, 0.1) is 0 Å². The SMILES string of the molecule is CCCCCCc1nc2c(S)cccc2n1CC(=O)O. The predicted octanol–water partition coefficient (Wildman–Crippen LogP) is 3.53. The molecule has 2 rings (SSSR count). The first kappa shape index (κ1) is 14.9. The van der Waals surface area contributed by atoms with Crippen LogP contribution >= 0.6 is 12.6 Å². The highest BCUT2D eigenvalue weighted by atomic mass is 32.1. The van der Waals surface area contributed by atoms with Gasteiger partial charge in [-0.3, -0.25) is 4.79 Å². The third kappa shape index (κ3) is 3.33. The minimum Gasteiger partial charge on any atom is -0.480 e. The molecule has 0 saturated carbocycles. The Hall–Kier alpha value is -1.49. The number of imidazole rings is 1. The van der Waals surface area contributed by atoms with Gasteiger partial charge in [-0.2, -0.15) is 0 Å². The van der Waals surface area contributed by atoms with Crippen molar-refractivity contribution in [3.63, 3.8) is 0 Å². The normalized spacial score (nSPS) is 11.1. The third-order valence-corrected chi connectivity index (χ3v) is 3.74. The second kappa shape index (κ2) is 6.79. The number of hydrogen-bond acceptors (Lipinski definition) is 3. The molecule has 0 bridgehead atoms. The Morgan fingerprint density at radius 3 is 2.85 bits per heavy atom. The molecule has 0 unspecified atom stereocenters. The highest BCUT2D eigenvalue weighted by molar-refractivity contribution is 7.80. The van der Waals surface area contributed by atoms with Crippen LogP contribution in [0.4, 0.5) is 0 Å². The molecular formula is C15H20N2O2S. The number of hydrogen-bond donors (Lipinski definition) is 2. The van der Waals surface area contributed by atoms with Gasteiger partial charge in [-0.25, -0.2) is 4.98 Å².